The quantitative estimate of drug-likeness (QED) is 0.680. The molecule has 72 valence electrons. The molecule has 4 heteroatoms. The summed E-state index contributed by atoms with van der Waals surface area (Å²) in [5, 5.41) is 7.59. The van der Waals surface area contributed by atoms with Crippen LogP contribution in [0.25, 0.3) is 0 Å². The third-order valence-electron chi connectivity index (χ3n) is 3.08. The lowest BCUT2D eigenvalue weighted by atomic mass is 10.1. The second kappa shape index (κ2) is 3.46. The van der Waals surface area contributed by atoms with Crippen LogP contribution in [-0.4, -0.2) is 32.3 Å². The van der Waals surface area contributed by atoms with Gasteiger partial charge in [-0.05, 0) is 19.3 Å². The van der Waals surface area contributed by atoms with E-state index >= 15 is 0 Å². The van der Waals surface area contributed by atoms with Crippen molar-refractivity contribution in [3.8, 4) is 0 Å². The van der Waals surface area contributed by atoms with E-state index in [0.717, 1.165) is 12.6 Å². The Morgan fingerprint density at radius 1 is 1.31 bits per heavy atom. The molecule has 13 heavy (non-hydrogen) atoms. The molecule has 2 atom stereocenters. The van der Waals surface area contributed by atoms with Crippen LogP contribution in [0.2, 0.25) is 0 Å². The van der Waals surface area contributed by atoms with Crippen LogP contribution in [-0.2, 0) is 6.67 Å². The first-order valence-corrected chi connectivity index (χ1v) is 4.84. The van der Waals surface area contributed by atoms with E-state index in [1.807, 2.05) is 4.57 Å². The molecule has 0 bridgehead atoms. The summed E-state index contributed by atoms with van der Waals surface area (Å²) >= 11 is 0. The number of likely N-dealkylation sites (tertiary alicyclic amines) is 1. The summed E-state index contributed by atoms with van der Waals surface area (Å²) in [6, 6.07) is 0.683. The Balaban J connectivity index is 1.96. The van der Waals surface area contributed by atoms with Crippen molar-refractivity contribution in [3.05, 3.63) is 12.7 Å². The van der Waals surface area contributed by atoms with E-state index in [0.29, 0.717) is 6.04 Å². The van der Waals surface area contributed by atoms with Crippen LogP contribution in [0.3, 0.4) is 0 Å². The summed E-state index contributed by atoms with van der Waals surface area (Å²) in [5.41, 5.74) is 0. The SMILES string of the molecule is CC1CCN(Cn2cnnc2)C1C. The van der Waals surface area contributed by atoms with Crippen molar-refractivity contribution < 1.29 is 0 Å². The minimum absolute atomic E-state index is 0.683. The van der Waals surface area contributed by atoms with Crippen LogP contribution in [0.15, 0.2) is 12.7 Å². The lowest BCUT2D eigenvalue weighted by molar-refractivity contribution is 0.196. The van der Waals surface area contributed by atoms with E-state index in [1.54, 1.807) is 12.7 Å². The average molecular weight is 180 g/mol. The van der Waals surface area contributed by atoms with Crippen molar-refractivity contribution in [2.24, 2.45) is 5.92 Å². The first kappa shape index (κ1) is 8.69. The standard InChI is InChI=1S/C9H16N4/c1-8-3-4-13(9(8)2)7-12-5-10-11-6-12/h5-6,8-9H,3-4,7H2,1-2H3. The van der Waals surface area contributed by atoms with Crippen LogP contribution < -0.4 is 0 Å². The molecule has 0 radical (unpaired) electrons. The van der Waals surface area contributed by atoms with Crippen molar-refractivity contribution in [2.45, 2.75) is 33.0 Å². The molecule has 1 fully saturated rings. The zero-order chi connectivity index (χ0) is 9.26. The highest BCUT2D eigenvalue weighted by Crippen LogP contribution is 2.23. The van der Waals surface area contributed by atoms with E-state index < -0.39 is 0 Å². The molecule has 1 aromatic rings. The second-order valence-electron chi connectivity index (χ2n) is 3.94. The van der Waals surface area contributed by atoms with Gasteiger partial charge in [-0.15, -0.1) is 10.2 Å². The van der Waals surface area contributed by atoms with E-state index in [-0.39, 0.29) is 0 Å². The Hall–Kier alpha value is -0.900. The fourth-order valence-corrected chi connectivity index (χ4v) is 1.88. The monoisotopic (exact) mass is 180 g/mol. The van der Waals surface area contributed by atoms with Gasteiger partial charge >= 0.3 is 0 Å². The lowest BCUT2D eigenvalue weighted by Crippen LogP contribution is -2.30. The topological polar surface area (TPSA) is 34.0 Å². The van der Waals surface area contributed by atoms with Crippen molar-refractivity contribution in [1.82, 2.24) is 19.7 Å². The molecule has 0 N–H and O–H groups in total. The van der Waals surface area contributed by atoms with E-state index in [2.05, 4.69) is 28.9 Å². The van der Waals surface area contributed by atoms with E-state index in [9.17, 15) is 0 Å². The second-order valence-corrected chi connectivity index (χ2v) is 3.94. The van der Waals surface area contributed by atoms with E-state index in [4.69, 9.17) is 0 Å². The minimum atomic E-state index is 0.683. The molecule has 1 aliphatic heterocycles. The van der Waals surface area contributed by atoms with Crippen LogP contribution in [0.4, 0.5) is 0 Å². The molecule has 2 unspecified atom stereocenters. The van der Waals surface area contributed by atoms with Crippen molar-refractivity contribution >= 4 is 0 Å². The Morgan fingerprint density at radius 3 is 2.54 bits per heavy atom. The van der Waals surface area contributed by atoms with Crippen LogP contribution in [0, 0.1) is 5.92 Å². The third kappa shape index (κ3) is 1.72. The maximum absolute atomic E-state index is 3.79. The maximum atomic E-state index is 3.79. The average Bonchev–Trinajstić information content (AvgIpc) is 2.71. The molecule has 1 saturated heterocycles. The van der Waals surface area contributed by atoms with Crippen molar-refractivity contribution in [1.29, 1.82) is 0 Å². The molecule has 1 aliphatic rings. The number of hydrogen-bond donors (Lipinski definition) is 0. The summed E-state index contributed by atoms with van der Waals surface area (Å²) in [6.07, 6.45) is 4.86. The molecule has 0 amide bonds. The first-order chi connectivity index (χ1) is 6.27. The van der Waals surface area contributed by atoms with Gasteiger partial charge in [-0.1, -0.05) is 6.92 Å². The van der Waals surface area contributed by atoms with Gasteiger partial charge < -0.3 is 4.57 Å². The Morgan fingerprint density at radius 2 is 2.00 bits per heavy atom. The predicted molar refractivity (Wildman–Crippen MR) is 50.0 cm³/mol. The Kier molecular flexibility index (Phi) is 2.31. The minimum Gasteiger partial charge on any atom is -0.306 e. The van der Waals surface area contributed by atoms with Gasteiger partial charge in [0, 0.05) is 12.6 Å². The van der Waals surface area contributed by atoms with Crippen LogP contribution in [0.1, 0.15) is 20.3 Å². The zero-order valence-corrected chi connectivity index (χ0v) is 8.22. The molecule has 0 spiro atoms. The van der Waals surface area contributed by atoms with Gasteiger partial charge in [0.15, 0.2) is 0 Å². The largest absolute Gasteiger partial charge is 0.306 e. The summed E-state index contributed by atoms with van der Waals surface area (Å²) in [4.78, 5) is 2.47. The lowest BCUT2D eigenvalue weighted by Gasteiger charge is -2.22. The highest BCUT2D eigenvalue weighted by atomic mass is 15.3. The fourth-order valence-electron chi connectivity index (χ4n) is 1.88. The van der Waals surface area contributed by atoms with Crippen molar-refractivity contribution in [2.75, 3.05) is 6.54 Å². The molecule has 2 heterocycles. The highest BCUT2D eigenvalue weighted by molar-refractivity contribution is 4.80. The maximum Gasteiger partial charge on any atom is 0.120 e. The van der Waals surface area contributed by atoms with Gasteiger partial charge in [0.25, 0.3) is 0 Å². The van der Waals surface area contributed by atoms with Gasteiger partial charge in [0.2, 0.25) is 0 Å². The zero-order valence-electron chi connectivity index (χ0n) is 8.22. The molecular formula is C9H16N4. The van der Waals surface area contributed by atoms with Gasteiger partial charge in [0.1, 0.15) is 12.7 Å². The molecular weight excluding hydrogens is 164 g/mol. The normalized spacial score (nSPS) is 29.7. The van der Waals surface area contributed by atoms with E-state index in [1.165, 1.54) is 13.0 Å². The smallest absolute Gasteiger partial charge is 0.120 e. The summed E-state index contributed by atoms with van der Waals surface area (Å²) in [7, 11) is 0. The predicted octanol–water partition coefficient (Wildman–Crippen LogP) is 0.966. The Bertz CT molecular complexity index is 257. The van der Waals surface area contributed by atoms with Crippen molar-refractivity contribution in [3.63, 3.8) is 0 Å². The summed E-state index contributed by atoms with van der Waals surface area (Å²) in [6.45, 7) is 6.73. The molecule has 4 nitrogen and oxygen atoms in total. The van der Waals surface area contributed by atoms with Gasteiger partial charge in [-0.25, -0.2) is 0 Å². The molecule has 0 aliphatic carbocycles. The third-order valence-corrected chi connectivity index (χ3v) is 3.08. The number of nitrogens with zero attached hydrogens (tertiary/aromatic N) is 4. The highest BCUT2D eigenvalue weighted by Gasteiger charge is 2.26. The fraction of sp³-hybridized carbons (Fsp3) is 0.778. The summed E-state index contributed by atoms with van der Waals surface area (Å²) < 4.78 is 2.02. The number of rotatable bonds is 2. The molecule has 1 aromatic heterocycles. The van der Waals surface area contributed by atoms with Gasteiger partial charge in [0.05, 0.1) is 6.67 Å². The van der Waals surface area contributed by atoms with Crippen LogP contribution in [0.5, 0.6) is 0 Å². The molecule has 0 saturated carbocycles. The van der Waals surface area contributed by atoms with Gasteiger partial charge in [-0.3, -0.25) is 4.90 Å². The molecule has 2 rings (SSSR count). The van der Waals surface area contributed by atoms with Gasteiger partial charge in [-0.2, -0.15) is 0 Å². The first-order valence-electron chi connectivity index (χ1n) is 4.84. The molecule has 0 aromatic carbocycles. The Labute approximate surface area is 78.6 Å². The number of hydrogen-bond acceptors (Lipinski definition) is 3. The van der Waals surface area contributed by atoms with Crippen LogP contribution >= 0.6 is 0 Å². The number of aromatic nitrogens is 3. The summed E-state index contributed by atoms with van der Waals surface area (Å²) in [5.74, 6) is 0.816.